The Labute approximate surface area is 126 Å². The number of carbonyl (C=O) groups excluding carboxylic acids is 1. The quantitative estimate of drug-likeness (QED) is 0.843. The van der Waals surface area contributed by atoms with E-state index < -0.39 is 0 Å². The van der Waals surface area contributed by atoms with E-state index in [0.717, 1.165) is 10.0 Å². The SMILES string of the molecule is O=C1c2ccccc2OCCN1Cc1ccc(Br)cc1. The fraction of sp³-hybridized carbons (Fsp3) is 0.188. The van der Waals surface area contributed by atoms with Crippen LogP contribution in [0.1, 0.15) is 15.9 Å². The van der Waals surface area contributed by atoms with E-state index in [1.165, 1.54) is 0 Å². The maximum atomic E-state index is 12.5. The fourth-order valence-electron chi connectivity index (χ4n) is 2.27. The Morgan fingerprint density at radius 2 is 1.85 bits per heavy atom. The van der Waals surface area contributed by atoms with Crippen molar-refractivity contribution >= 4 is 21.8 Å². The van der Waals surface area contributed by atoms with Crippen molar-refractivity contribution in [1.82, 2.24) is 4.90 Å². The van der Waals surface area contributed by atoms with Gasteiger partial charge >= 0.3 is 0 Å². The normalized spacial score (nSPS) is 14.4. The second-order valence-electron chi connectivity index (χ2n) is 4.70. The summed E-state index contributed by atoms with van der Waals surface area (Å²) in [5.74, 6) is 0.705. The van der Waals surface area contributed by atoms with E-state index in [2.05, 4.69) is 15.9 Å². The van der Waals surface area contributed by atoms with Gasteiger partial charge in [-0.25, -0.2) is 0 Å². The standard InChI is InChI=1S/C16H14BrNO2/c17-13-7-5-12(6-8-13)11-18-9-10-20-15-4-2-1-3-14(15)16(18)19/h1-8H,9-11H2. The second kappa shape index (κ2) is 5.67. The van der Waals surface area contributed by atoms with Gasteiger partial charge < -0.3 is 9.64 Å². The van der Waals surface area contributed by atoms with Crippen molar-refractivity contribution in [2.75, 3.05) is 13.2 Å². The van der Waals surface area contributed by atoms with Gasteiger partial charge in [-0.3, -0.25) is 4.79 Å². The van der Waals surface area contributed by atoms with Crippen molar-refractivity contribution in [3.05, 3.63) is 64.1 Å². The molecule has 3 rings (SSSR count). The summed E-state index contributed by atoms with van der Waals surface area (Å²) >= 11 is 3.42. The number of hydrogen-bond donors (Lipinski definition) is 0. The zero-order chi connectivity index (χ0) is 13.9. The summed E-state index contributed by atoms with van der Waals surface area (Å²) in [4.78, 5) is 14.4. The molecule has 0 aromatic heterocycles. The Morgan fingerprint density at radius 1 is 1.10 bits per heavy atom. The Balaban J connectivity index is 1.84. The number of para-hydroxylation sites is 1. The molecule has 0 unspecified atom stereocenters. The monoisotopic (exact) mass is 331 g/mol. The second-order valence-corrected chi connectivity index (χ2v) is 5.61. The minimum atomic E-state index is 0.0287. The molecule has 1 aliphatic rings. The summed E-state index contributed by atoms with van der Waals surface area (Å²) < 4.78 is 6.67. The lowest BCUT2D eigenvalue weighted by molar-refractivity contribution is 0.0743. The number of carbonyl (C=O) groups is 1. The van der Waals surface area contributed by atoms with Crippen molar-refractivity contribution in [2.24, 2.45) is 0 Å². The molecule has 0 aliphatic carbocycles. The molecule has 2 aromatic rings. The first-order chi connectivity index (χ1) is 9.74. The van der Waals surface area contributed by atoms with Crippen molar-refractivity contribution in [1.29, 1.82) is 0 Å². The summed E-state index contributed by atoms with van der Waals surface area (Å²) in [5.41, 5.74) is 1.75. The van der Waals surface area contributed by atoms with Gasteiger partial charge in [0.15, 0.2) is 0 Å². The third-order valence-corrected chi connectivity index (χ3v) is 3.84. The number of amides is 1. The Hall–Kier alpha value is -1.81. The molecule has 0 saturated heterocycles. The molecule has 0 spiro atoms. The van der Waals surface area contributed by atoms with Gasteiger partial charge in [0.05, 0.1) is 12.1 Å². The molecule has 4 heteroatoms. The van der Waals surface area contributed by atoms with Crippen LogP contribution in [0, 0.1) is 0 Å². The first-order valence-electron chi connectivity index (χ1n) is 6.49. The van der Waals surface area contributed by atoms with E-state index in [9.17, 15) is 4.79 Å². The smallest absolute Gasteiger partial charge is 0.258 e. The first-order valence-corrected chi connectivity index (χ1v) is 7.29. The minimum absolute atomic E-state index is 0.0287. The Bertz CT molecular complexity index is 625. The van der Waals surface area contributed by atoms with Crippen LogP contribution >= 0.6 is 15.9 Å². The van der Waals surface area contributed by atoms with E-state index in [-0.39, 0.29) is 5.91 Å². The molecule has 1 heterocycles. The van der Waals surface area contributed by atoms with E-state index in [4.69, 9.17) is 4.74 Å². The molecule has 0 bridgehead atoms. The lowest BCUT2D eigenvalue weighted by Crippen LogP contribution is -2.31. The molecule has 102 valence electrons. The molecule has 0 radical (unpaired) electrons. The van der Waals surface area contributed by atoms with Crippen LogP contribution in [0.4, 0.5) is 0 Å². The minimum Gasteiger partial charge on any atom is -0.491 e. The average Bonchev–Trinajstić information content (AvgIpc) is 2.62. The molecule has 0 N–H and O–H groups in total. The molecule has 0 atom stereocenters. The van der Waals surface area contributed by atoms with E-state index in [1.54, 1.807) is 0 Å². The Kier molecular flexibility index (Phi) is 3.74. The number of ether oxygens (including phenoxy) is 1. The highest BCUT2D eigenvalue weighted by Crippen LogP contribution is 2.23. The topological polar surface area (TPSA) is 29.5 Å². The van der Waals surface area contributed by atoms with E-state index in [1.807, 2.05) is 53.4 Å². The van der Waals surface area contributed by atoms with E-state index >= 15 is 0 Å². The van der Waals surface area contributed by atoms with Gasteiger partial charge in [0.1, 0.15) is 12.4 Å². The van der Waals surface area contributed by atoms with Gasteiger partial charge in [-0.05, 0) is 29.8 Å². The van der Waals surface area contributed by atoms with Crippen molar-refractivity contribution in [2.45, 2.75) is 6.54 Å². The van der Waals surface area contributed by atoms with Crippen molar-refractivity contribution < 1.29 is 9.53 Å². The van der Waals surface area contributed by atoms with Crippen LogP contribution < -0.4 is 4.74 Å². The molecular weight excluding hydrogens is 318 g/mol. The molecule has 1 amide bonds. The molecule has 0 fully saturated rings. The lowest BCUT2D eigenvalue weighted by Gasteiger charge is -2.20. The summed E-state index contributed by atoms with van der Waals surface area (Å²) in [6, 6.07) is 15.4. The zero-order valence-electron chi connectivity index (χ0n) is 10.9. The van der Waals surface area contributed by atoms with Gasteiger partial charge in [-0.15, -0.1) is 0 Å². The summed E-state index contributed by atoms with van der Waals surface area (Å²) in [5, 5.41) is 0. The maximum Gasteiger partial charge on any atom is 0.258 e. The zero-order valence-corrected chi connectivity index (χ0v) is 12.5. The summed E-state index contributed by atoms with van der Waals surface area (Å²) in [7, 11) is 0. The average molecular weight is 332 g/mol. The van der Waals surface area contributed by atoms with Crippen molar-refractivity contribution in [3.63, 3.8) is 0 Å². The number of fused-ring (bicyclic) bond motifs is 1. The number of hydrogen-bond acceptors (Lipinski definition) is 2. The van der Waals surface area contributed by atoms with Crippen molar-refractivity contribution in [3.8, 4) is 5.75 Å². The number of halogens is 1. The van der Waals surface area contributed by atoms with Crippen LogP contribution in [-0.4, -0.2) is 24.0 Å². The number of nitrogens with zero attached hydrogens (tertiary/aromatic N) is 1. The molecular formula is C16H14BrNO2. The summed E-state index contributed by atoms with van der Waals surface area (Å²) in [6.07, 6.45) is 0. The predicted octanol–water partition coefficient (Wildman–Crippen LogP) is 3.48. The fourth-order valence-corrected chi connectivity index (χ4v) is 2.53. The number of benzene rings is 2. The van der Waals surface area contributed by atoms with Crippen LogP contribution in [0.15, 0.2) is 53.0 Å². The molecule has 0 saturated carbocycles. The maximum absolute atomic E-state index is 12.5. The first kappa shape index (κ1) is 13.2. The van der Waals surface area contributed by atoms with Gasteiger partial charge in [-0.2, -0.15) is 0 Å². The summed E-state index contributed by atoms with van der Waals surface area (Å²) in [6.45, 7) is 1.73. The van der Waals surface area contributed by atoms with E-state index in [0.29, 0.717) is 31.0 Å². The van der Waals surface area contributed by atoms with Gasteiger partial charge in [0, 0.05) is 11.0 Å². The van der Waals surface area contributed by atoms with Crippen LogP contribution in [0.25, 0.3) is 0 Å². The van der Waals surface area contributed by atoms with Gasteiger partial charge in [-0.1, -0.05) is 40.2 Å². The molecule has 2 aromatic carbocycles. The highest BCUT2D eigenvalue weighted by molar-refractivity contribution is 9.10. The van der Waals surface area contributed by atoms with Crippen LogP contribution in [0.3, 0.4) is 0 Å². The third-order valence-electron chi connectivity index (χ3n) is 3.31. The highest BCUT2D eigenvalue weighted by Gasteiger charge is 2.22. The van der Waals surface area contributed by atoms with Gasteiger partial charge in [0.25, 0.3) is 5.91 Å². The molecule has 1 aliphatic heterocycles. The van der Waals surface area contributed by atoms with Crippen LogP contribution in [-0.2, 0) is 6.54 Å². The van der Waals surface area contributed by atoms with Crippen LogP contribution in [0.5, 0.6) is 5.75 Å². The highest BCUT2D eigenvalue weighted by atomic mass is 79.9. The lowest BCUT2D eigenvalue weighted by atomic mass is 10.1. The largest absolute Gasteiger partial charge is 0.491 e. The number of rotatable bonds is 2. The molecule has 20 heavy (non-hydrogen) atoms. The predicted molar refractivity (Wildman–Crippen MR) is 80.8 cm³/mol. The third kappa shape index (κ3) is 2.70. The van der Waals surface area contributed by atoms with Crippen LogP contribution in [0.2, 0.25) is 0 Å². The van der Waals surface area contributed by atoms with Gasteiger partial charge in [0.2, 0.25) is 0 Å². The Morgan fingerprint density at radius 3 is 2.65 bits per heavy atom. The molecule has 3 nitrogen and oxygen atoms in total.